The summed E-state index contributed by atoms with van der Waals surface area (Å²) < 4.78 is 0. The van der Waals surface area contributed by atoms with Gasteiger partial charge in [0.05, 0.1) is 0 Å². The number of anilines is 1. The molecule has 1 amide bonds. The minimum atomic E-state index is -0.231. The Kier molecular flexibility index (Phi) is 2.69. The zero-order valence-electron chi connectivity index (χ0n) is 7.94. The molecule has 0 unspecified atom stereocenters. The van der Waals surface area contributed by atoms with Crippen molar-refractivity contribution in [3.63, 3.8) is 0 Å². The number of hydrogen-bond acceptors (Lipinski definition) is 3. The Bertz CT molecular complexity index is 410. The first kappa shape index (κ1) is 9.33. The number of carbonyl (C=O) groups excluding carboxylic acids is 1. The molecule has 0 saturated carbocycles. The normalized spacial score (nSPS) is 13.5. The molecule has 1 aliphatic rings. The van der Waals surface area contributed by atoms with E-state index in [1.54, 1.807) is 12.2 Å². The lowest BCUT2D eigenvalue weighted by Crippen LogP contribution is -2.25. The minimum Gasteiger partial charge on any atom is -0.390 e. The van der Waals surface area contributed by atoms with E-state index in [1.807, 2.05) is 30.3 Å². The Hall–Kier alpha value is -2.23. The van der Waals surface area contributed by atoms with E-state index in [0.29, 0.717) is 5.70 Å². The lowest BCUT2D eigenvalue weighted by molar-refractivity contribution is -0.114. The zero-order chi connectivity index (χ0) is 10.5. The number of para-hydroxylation sites is 1. The van der Waals surface area contributed by atoms with Gasteiger partial charge in [0, 0.05) is 5.69 Å². The van der Waals surface area contributed by atoms with Crippen molar-refractivity contribution in [3.8, 4) is 0 Å². The first-order valence-corrected chi connectivity index (χ1v) is 4.51. The smallest absolute Gasteiger partial charge is 0.275 e. The first-order chi connectivity index (χ1) is 7.36. The molecule has 0 bridgehead atoms. The maximum Gasteiger partial charge on any atom is 0.275 e. The third-order valence-corrected chi connectivity index (χ3v) is 1.85. The highest BCUT2D eigenvalue weighted by atomic mass is 16.6. The topological polar surface area (TPSA) is 50.4 Å². The molecule has 15 heavy (non-hydrogen) atoms. The summed E-state index contributed by atoms with van der Waals surface area (Å²) in [5.41, 5.74) is 3.63. The standard InChI is InChI=1S/C11H10N2O2/c14-11(10-7-4-8-15-13-10)12-9-5-2-1-3-6-9/h1-8,13H,(H,12,14). The van der Waals surface area contributed by atoms with Gasteiger partial charge < -0.3 is 10.2 Å². The second-order valence-electron chi connectivity index (χ2n) is 2.95. The fourth-order valence-corrected chi connectivity index (χ4v) is 1.15. The van der Waals surface area contributed by atoms with Crippen LogP contribution < -0.4 is 10.8 Å². The largest absolute Gasteiger partial charge is 0.390 e. The molecule has 2 rings (SSSR count). The molecule has 0 fully saturated rings. The maximum atomic E-state index is 11.6. The van der Waals surface area contributed by atoms with Gasteiger partial charge in [-0.2, -0.15) is 0 Å². The van der Waals surface area contributed by atoms with E-state index in [-0.39, 0.29) is 5.91 Å². The molecule has 0 aliphatic carbocycles. The molecular formula is C11H10N2O2. The molecular weight excluding hydrogens is 192 g/mol. The van der Waals surface area contributed by atoms with Crippen LogP contribution in [-0.4, -0.2) is 5.91 Å². The summed E-state index contributed by atoms with van der Waals surface area (Å²) in [6.07, 6.45) is 4.75. The Balaban J connectivity index is 2.04. The molecule has 1 aliphatic heterocycles. The van der Waals surface area contributed by atoms with Crippen LogP contribution in [0, 0.1) is 0 Å². The van der Waals surface area contributed by atoms with Crippen molar-refractivity contribution in [2.45, 2.75) is 0 Å². The van der Waals surface area contributed by atoms with E-state index in [1.165, 1.54) is 6.26 Å². The number of allylic oxidation sites excluding steroid dienone is 2. The predicted molar refractivity (Wildman–Crippen MR) is 56.5 cm³/mol. The van der Waals surface area contributed by atoms with Gasteiger partial charge in [0.2, 0.25) is 0 Å². The van der Waals surface area contributed by atoms with Crippen molar-refractivity contribution < 1.29 is 9.63 Å². The van der Waals surface area contributed by atoms with E-state index in [2.05, 4.69) is 10.8 Å². The Morgan fingerprint density at radius 1 is 1.27 bits per heavy atom. The third kappa shape index (κ3) is 2.37. The van der Waals surface area contributed by atoms with E-state index in [4.69, 9.17) is 4.84 Å². The van der Waals surface area contributed by atoms with Gasteiger partial charge in [0.15, 0.2) is 0 Å². The molecule has 0 atom stereocenters. The minimum absolute atomic E-state index is 0.231. The highest BCUT2D eigenvalue weighted by Gasteiger charge is 2.10. The van der Waals surface area contributed by atoms with Crippen LogP contribution in [-0.2, 0) is 9.63 Å². The van der Waals surface area contributed by atoms with Crippen LogP contribution in [0.15, 0.2) is 54.4 Å². The van der Waals surface area contributed by atoms with Crippen molar-refractivity contribution in [3.05, 3.63) is 54.4 Å². The molecule has 1 heterocycles. The molecule has 4 heteroatoms. The fourth-order valence-electron chi connectivity index (χ4n) is 1.15. The second kappa shape index (κ2) is 4.32. The van der Waals surface area contributed by atoms with Gasteiger partial charge >= 0.3 is 0 Å². The number of hydrogen-bond donors (Lipinski definition) is 2. The summed E-state index contributed by atoms with van der Waals surface area (Å²) in [5, 5.41) is 2.73. The SMILES string of the molecule is O=C(Nc1ccccc1)C1=CC=CON1. The quantitative estimate of drug-likeness (QED) is 0.765. The Morgan fingerprint density at radius 3 is 2.73 bits per heavy atom. The summed E-state index contributed by atoms with van der Waals surface area (Å²) in [4.78, 5) is 16.4. The van der Waals surface area contributed by atoms with Gasteiger partial charge in [-0.05, 0) is 24.3 Å². The third-order valence-electron chi connectivity index (χ3n) is 1.85. The van der Waals surface area contributed by atoms with Crippen LogP contribution in [0.2, 0.25) is 0 Å². The maximum absolute atomic E-state index is 11.6. The average Bonchev–Trinajstić information content (AvgIpc) is 2.31. The van der Waals surface area contributed by atoms with Crippen LogP contribution in [0.4, 0.5) is 5.69 Å². The molecule has 4 nitrogen and oxygen atoms in total. The number of benzene rings is 1. The second-order valence-corrected chi connectivity index (χ2v) is 2.95. The average molecular weight is 202 g/mol. The lowest BCUT2D eigenvalue weighted by atomic mass is 10.3. The molecule has 2 N–H and O–H groups in total. The van der Waals surface area contributed by atoms with Crippen LogP contribution >= 0.6 is 0 Å². The molecule has 0 spiro atoms. The van der Waals surface area contributed by atoms with E-state index < -0.39 is 0 Å². The highest BCUT2D eigenvalue weighted by Crippen LogP contribution is 2.07. The molecule has 0 saturated heterocycles. The summed E-state index contributed by atoms with van der Waals surface area (Å²) in [7, 11) is 0. The zero-order valence-corrected chi connectivity index (χ0v) is 7.94. The summed E-state index contributed by atoms with van der Waals surface area (Å²) in [6, 6.07) is 9.24. The van der Waals surface area contributed by atoms with Crippen molar-refractivity contribution in [1.29, 1.82) is 0 Å². The predicted octanol–water partition coefficient (Wildman–Crippen LogP) is 1.56. The van der Waals surface area contributed by atoms with Crippen molar-refractivity contribution in [2.75, 3.05) is 5.32 Å². The van der Waals surface area contributed by atoms with Crippen LogP contribution in [0.5, 0.6) is 0 Å². The lowest BCUT2D eigenvalue weighted by Gasteiger charge is -2.11. The van der Waals surface area contributed by atoms with Gasteiger partial charge in [-0.25, -0.2) is 5.48 Å². The molecule has 1 aromatic rings. The fraction of sp³-hybridized carbons (Fsp3) is 0. The number of nitrogens with one attached hydrogen (secondary N) is 2. The van der Waals surface area contributed by atoms with Gasteiger partial charge in [-0.3, -0.25) is 4.79 Å². The van der Waals surface area contributed by atoms with Gasteiger partial charge in [0.1, 0.15) is 12.0 Å². The van der Waals surface area contributed by atoms with Crippen molar-refractivity contribution in [2.24, 2.45) is 0 Å². The highest BCUT2D eigenvalue weighted by molar-refractivity contribution is 6.03. The van der Waals surface area contributed by atoms with Crippen LogP contribution in [0.3, 0.4) is 0 Å². The van der Waals surface area contributed by atoms with Crippen LogP contribution in [0.1, 0.15) is 0 Å². The van der Waals surface area contributed by atoms with Crippen LogP contribution in [0.25, 0.3) is 0 Å². The Morgan fingerprint density at radius 2 is 2.07 bits per heavy atom. The number of carbonyl (C=O) groups is 1. The monoisotopic (exact) mass is 202 g/mol. The van der Waals surface area contributed by atoms with Gasteiger partial charge in [-0.1, -0.05) is 18.2 Å². The first-order valence-electron chi connectivity index (χ1n) is 4.51. The van der Waals surface area contributed by atoms with Gasteiger partial charge in [-0.15, -0.1) is 0 Å². The summed E-state index contributed by atoms with van der Waals surface area (Å²) >= 11 is 0. The summed E-state index contributed by atoms with van der Waals surface area (Å²) in [6.45, 7) is 0. The van der Waals surface area contributed by atoms with Gasteiger partial charge in [0.25, 0.3) is 5.91 Å². The molecule has 1 aromatic carbocycles. The Labute approximate surface area is 87.2 Å². The van der Waals surface area contributed by atoms with E-state index >= 15 is 0 Å². The van der Waals surface area contributed by atoms with E-state index in [9.17, 15) is 4.79 Å². The summed E-state index contributed by atoms with van der Waals surface area (Å²) in [5.74, 6) is -0.231. The molecule has 76 valence electrons. The molecule has 0 radical (unpaired) electrons. The number of hydroxylamine groups is 1. The van der Waals surface area contributed by atoms with Crippen molar-refractivity contribution in [1.82, 2.24) is 5.48 Å². The number of rotatable bonds is 2. The number of amides is 1. The van der Waals surface area contributed by atoms with E-state index in [0.717, 1.165) is 5.69 Å². The molecule has 0 aromatic heterocycles. The van der Waals surface area contributed by atoms with Crippen molar-refractivity contribution >= 4 is 11.6 Å².